The average Bonchev–Trinajstić information content (AvgIpc) is 2.04. The highest BCUT2D eigenvalue weighted by atomic mass is 17.1. The highest BCUT2D eigenvalue weighted by molar-refractivity contribution is 4.43. The Morgan fingerprint density at radius 3 is 2.64 bits per heavy atom. The Bertz CT molecular complexity index is 76.8. The van der Waals surface area contributed by atoms with Crippen molar-refractivity contribution in [3.05, 3.63) is 0 Å². The molecule has 0 aliphatic carbocycles. The number of unbranched alkanes of at least 4 members (excludes halogenated alkanes) is 1. The van der Waals surface area contributed by atoms with Crippen LogP contribution >= 0.6 is 0 Å². The van der Waals surface area contributed by atoms with E-state index in [1.54, 1.807) is 6.92 Å². The molecule has 4 heteroatoms. The summed E-state index contributed by atoms with van der Waals surface area (Å²) in [5.74, 6) is 0. The van der Waals surface area contributed by atoms with Crippen molar-refractivity contribution >= 4 is 0 Å². The van der Waals surface area contributed by atoms with E-state index in [9.17, 15) is 0 Å². The summed E-state index contributed by atoms with van der Waals surface area (Å²) in [4.78, 5) is 3.98. The lowest BCUT2D eigenvalue weighted by Gasteiger charge is -2.07. The average molecular weight is 164 g/mol. The first-order valence-corrected chi connectivity index (χ1v) is 3.80. The molecular formula is C7H16O4. The molecule has 1 unspecified atom stereocenters. The van der Waals surface area contributed by atoms with Crippen LogP contribution in [-0.4, -0.2) is 36.3 Å². The van der Waals surface area contributed by atoms with Gasteiger partial charge in [-0.15, -0.1) is 0 Å². The summed E-state index contributed by atoms with van der Waals surface area (Å²) >= 11 is 0. The van der Waals surface area contributed by atoms with E-state index in [1.807, 2.05) is 0 Å². The largest absolute Gasteiger partial charge is 0.396 e. The molecule has 0 aliphatic heterocycles. The van der Waals surface area contributed by atoms with Gasteiger partial charge in [0.05, 0.1) is 6.61 Å². The Morgan fingerprint density at radius 2 is 2.09 bits per heavy atom. The van der Waals surface area contributed by atoms with E-state index in [0.29, 0.717) is 13.2 Å². The Balaban J connectivity index is 2.89. The SMILES string of the molecule is CC(COCCCCO)OO. The number of hydrogen-bond acceptors (Lipinski definition) is 4. The normalized spacial score (nSPS) is 13.4. The van der Waals surface area contributed by atoms with Crippen LogP contribution in [-0.2, 0) is 9.62 Å². The molecule has 0 aromatic heterocycles. The smallest absolute Gasteiger partial charge is 0.113 e. The summed E-state index contributed by atoms with van der Waals surface area (Å²) in [6, 6.07) is 0. The zero-order valence-corrected chi connectivity index (χ0v) is 6.82. The molecule has 2 N–H and O–H groups in total. The van der Waals surface area contributed by atoms with Crippen molar-refractivity contribution in [1.82, 2.24) is 0 Å². The van der Waals surface area contributed by atoms with Crippen molar-refractivity contribution in [2.45, 2.75) is 25.9 Å². The van der Waals surface area contributed by atoms with Crippen molar-refractivity contribution in [2.24, 2.45) is 0 Å². The molecule has 0 aromatic rings. The van der Waals surface area contributed by atoms with E-state index in [4.69, 9.17) is 15.1 Å². The van der Waals surface area contributed by atoms with Crippen LogP contribution in [0.5, 0.6) is 0 Å². The van der Waals surface area contributed by atoms with Gasteiger partial charge in [-0.25, -0.2) is 4.89 Å². The predicted octanol–water partition coefficient (Wildman–Crippen LogP) is 0.654. The Kier molecular flexibility index (Phi) is 7.83. The fraction of sp³-hybridized carbons (Fsp3) is 1.00. The highest BCUT2D eigenvalue weighted by Gasteiger charge is 1.99. The first kappa shape index (κ1) is 10.8. The number of rotatable bonds is 7. The zero-order chi connectivity index (χ0) is 8.53. The number of aliphatic hydroxyl groups excluding tert-OH is 1. The van der Waals surface area contributed by atoms with Crippen LogP contribution in [0.25, 0.3) is 0 Å². The number of hydrogen-bond donors (Lipinski definition) is 2. The molecule has 0 heterocycles. The Morgan fingerprint density at radius 1 is 1.36 bits per heavy atom. The van der Waals surface area contributed by atoms with Crippen molar-refractivity contribution < 1.29 is 20.0 Å². The second-order valence-electron chi connectivity index (χ2n) is 2.42. The van der Waals surface area contributed by atoms with Gasteiger partial charge in [0.25, 0.3) is 0 Å². The first-order valence-electron chi connectivity index (χ1n) is 3.80. The van der Waals surface area contributed by atoms with E-state index >= 15 is 0 Å². The summed E-state index contributed by atoms with van der Waals surface area (Å²) in [5, 5.41) is 16.5. The van der Waals surface area contributed by atoms with Crippen molar-refractivity contribution in [3.63, 3.8) is 0 Å². The van der Waals surface area contributed by atoms with Crippen molar-refractivity contribution in [1.29, 1.82) is 0 Å². The Labute approximate surface area is 66.7 Å². The first-order chi connectivity index (χ1) is 5.31. The molecular weight excluding hydrogens is 148 g/mol. The van der Waals surface area contributed by atoms with Gasteiger partial charge >= 0.3 is 0 Å². The van der Waals surface area contributed by atoms with E-state index in [2.05, 4.69) is 4.89 Å². The van der Waals surface area contributed by atoms with Gasteiger partial charge in [0.1, 0.15) is 6.10 Å². The fourth-order valence-corrected chi connectivity index (χ4v) is 0.596. The molecule has 1 atom stereocenters. The molecule has 0 saturated carbocycles. The van der Waals surface area contributed by atoms with Crippen LogP contribution in [0.15, 0.2) is 0 Å². The maximum absolute atomic E-state index is 8.40. The molecule has 0 aromatic carbocycles. The zero-order valence-electron chi connectivity index (χ0n) is 6.82. The van der Waals surface area contributed by atoms with E-state index in [1.165, 1.54) is 0 Å². The minimum Gasteiger partial charge on any atom is -0.396 e. The maximum atomic E-state index is 8.40. The lowest BCUT2D eigenvalue weighted by atomic mass is 10.3. The second-order valence-corrected chi connectivity index (χ2v) is 2.42. The quantitative estimate of drug-likeness (QED) is 0.329. The number of ether oxygens (including phenoxy) is 1. The van der Waals surface area contributed by atoms with Crippen LogP contribution < -0.4 is 0 Å². The molecule has 11 heavy (non-hydrogen) atoms. The van der Waals surface area contributed by atoms with Gasteiger partial charge in [-0.1, -0.05) is 0 Å². The van der Waals surface area contributed by atoms with Crippen molar-refractivity contribution in [3.8, 4) is 0 Å². The predicted molar refractivity (Wildman–Crippen MR) is 40.3 cm³/mol. The lowest BCUT2D eigenvalue weighted by Crippen LogP contribution is -2.14. The van der Waals surface area contributed by atoms with Crippen LogP contribution in [0.4, 0.5) is 0 Å². The second kappa shape index (κ2) is 7.94. The standard InChI is InChI=1S/C7H16O4/c1-7(11-9)6-10-5-3-2-4-8/h7-9H,2-6H2,1H3. The van der Waals surface area contributed by atoms with Gasteiger partial charge in [-0.2, -0.15) is 0 Å². The fourth-order valence-electron chi connectivity index (χ4n) is 0.596. The van der Waals surface area contributed by atoms with E-state index in [-0.39, 0.29) is 12.7 Å². The van der Waals surface area contributed by atoms with Gasteiger partial charge < -0.3 is 9.84 Å². The van der Waals surface area contributed by atoms with Gasteiger partial charge in [-0.3, -0.25) is 5.26 Å². The summed E-state index contributed by atoms with van der Waals surface area (Å²) in [7, 11) is 0. The van der Waals surface area contributed by atoms with Gasteiger partial charge in [0, 0.05) is 13.2 Å². The monoisotopic (exact) mass is 164 g/mol. The third-order valence-electron chi connectivity index (χ3n) is 1.23. The molecule has 0 bridgehead atoms. The summed E-state index contributed by atoms with van der Waals surface area (Å²) in [6.45, 7) is 2.91. The van der Waals surface area contributed by atoms with Gasteiger partial charge in [0.15, 0.2) is 0 Å². The van der Waals surface area contributed by atoms with E-state index in [0.717, 1.165) is 12.8 Å². The van der Waals surface area contributed by atoms with E-state index < -0.39 is 0 Å². The van der Waals surface area contributed by atoms with Gasteiger partial charge in [0.2, 0.25) is 0 Å². The minimum absolute atomic E-state index is 0.204. The third kappa shape index (κ3) is 7.74. The summed E-state index contributed by atoms with van der Waals surface area (Å²) < 4.78 is 5.09. The molecule has 68 valence electrons. The molecule has 0 spiro atoms. The molecule has 0 radical (unpaired) electrons. The molecule has 0 fully saturated rings. The third-order valence-corrected chi connectivity index (χ3v) is 1.23. The van der Waals surface area contributed by atoms with Gasteiger partial charge in [-0.05, 0) is 19.8 Å². The summed E-state index contributed by atoms with van der Waals surface area (Å²) in [6.07, 6.45) is 1.33. The molecule has 0 saturated heterocycles. The number of aliphatic hydroxyl groups is 1. The molecule has 0 aliphatic rings. The molecule has 0 amide bonds. The van der Waals surface area contributed by atoms with Crippen LogP contribution in [0.3, 0.4) is 0 Å². The van der Waals surface area contributed by atoms with Crippen LogP contribution in [0, 0.1) is 0 Å². The minimum atomic E-state index is -0.274. The van der Waals surface area contributed by atoms with Crippen LogP contribution in [0.2, 0.25) is 0 Å². The lowest BCUT2D eigenvalue weighted by molar-refractivity contribution is -0.282. The van der Waals surface area contributed by atoms with Crippen LogP contribution in [0.1, 0.15) is 19.8 Å². The molecule has 4 nitrogen and oxygen atoms in total. The van der Waals surface area contributed by atoms with Crippen molar-refractivity contribution in [2.75, 3.05) is 19.8 Å². The molecule has 0 rings (SSSR count). The Hall–Kier alpha value is -0.160. The maximum Gasteiger partial charge on any atom is 0.113 e. The summed E-state index contributed by atoms with van der Waals surface area (Å²) in [5.41, 5.74) is 0. The highest BCUT2D eigenvalue weighted by Crippen LogP contribution is 1.92. The topological polar surface area (TPSA) is 58.9 Å².